The summed E-state index contributed by atoms with van der Waals surface area (Å²) in [5, 5.41) is 4.09. The van der Waals surface area contributed by atoms with Crippen molar-refractivity contribution in [3.63, 3.8) is 0 Å². The van der Waals surface area contributed by atoms with E-state index < -0.39 is 35.3 Å². The maximum absolute atomic E-state index is 12.3. The number of aromatic amines is 1. The number of azide groups is 1. The SMILES string of the molecule is C=C(C)[C@H]1CC[C@@]2(C)OP(=S)(OC[C@H]3O[C@@H](n4cc(C)c(=O)[nH]c4=O)C[C@@H]3N=[N+]=[N-])S[C@@H]2C1. The Morgan fingerprint density at radius 2 is 2.30 bits per heavy atom. The zero-order chi connectivity index (χ0) is 24.0. The van der Waals surface area contributed by atoms with Gasteiger partial charge in [-0.25, -0.2) is 4.79 Å². The molecule has 7 atom stereocenters. The third kappa shape index (κ3) is 5.03. The lowest BCUT2D eigenvalue weighted by atomic mass is 9.77. The number of ether oxygens (including phenoxy) is 1. The van der Waals surface area contributed by atoms with Crippen LogP contribution in [0.25, 0.3) is 10.4 Å². The summed E-state index contributed by atoms with van der Waals surface area (Å²) < 4.78 is 19.9. The van der Waals surface area contributed by atoms with Gasteiger partial charge in [0.15, 0.2) is 0 Å². The number of rotatable bonds is 6. The second-order valence-electron chi connectivity index (χ2n) is 9.17. The molecule has 1 N–H and O–H groups in total. The van der Waals surface area contributed by atoms with E-state index in [4.69, 9.17) is 31.1 Å². The van der Waals surface area contributed by atoms with Crippen LogP contribution in [0.15, 0.2) is 33.1 Å². The van der Waals surface area contributed by atoms with E-state index in [0.717, 1.165) is 19.3 Å². The molecule has 180 valence electrons. The molecule has 1 aliphatic carbocycles. The fraction of sp³-hybridized carbons (Fsp3) is 0.700. The number of hydrogen-bond donors (Lipinski definition) is 1. The minimum atomic E-state index is -2.62. The highest BCUT2D eigenvalue weighted by molar-refractivity contribution is 8.68. The van der Waals surface area contributed by atoms with E-state index in [-0.39, 0.29) is 23.9 Å². The molecule has 3 heterocycles. The van der Waals surface area contributed by atoms with Crippen molar-refractivity contribution in [2.45, 2.75) is 75.7 Å². The van der Waals surface area contributed by atoms with Crippen LogP contribution in [0, 0.1) is 12.8 Å². The summed E-state index contributed by atoms with van der Waals surface area (Å²) in [7, 11) is 0. The van der Waals surface area contributed by atoms with E-state index in [9.17, 15) is 9.59 Å². The number of nitrogens with one attached hydrogen (secondary N) is 1. The maximum atomic E-state index is 12.3. The predicted octanol–water partition coefficient (Wildman–Crippen LogP) is 4.32. The minimum Gasteiger partial charge on any atom is -0.352 e. The van der Waals surface area contributed by atoms with Crippen LogP contribution in [0.1, 0.15) is 51.3 Å². The number of aryl methyl sites for hydroxylation is 1. The fourth-order valence-corrected chi connectivity index (χ4v) is 11.4. The average Bonchev–Trinajstić information content (AvgIpc) is 3.26. The Balaban J connectivity index is 1.46. The summed E-state index contributed by atoms with van der Waals surface area (Å²) in [6, 6.07) is -0.543. The van der Waals surface area contributed by atoms with Crippen LogP contribution in [0.4, 0.5) is 0 Å². The van der Waals surface area contributed by atoms with E-state index in [1.54, 1.807) is 18.3 Å². The van der Waals surface area contributed by atoms with E-state index >= 15 is 0 Å². The monoisotopic (exact) mass is 513 g/mol. The number of fused-ring (bicyclic) bond motifs is 1. The Morgan fingerprint density at radius 3 is 3.00 bits per heavy atom. The first kappa shape index (κ1) is 24.7. The molecule has 3 aliphatic rings. The Labute approximate surface area is 200 Å². The summed E-state index contributed by atoms with van der Waals surface area (Å²) in [5.74, 6) is 0.466. The molecule has 4 rings (SSSR count). The summed E-state index contributed by atoms with van der Waals surface area (Å²) in [4.78, 5) is 29.2. The maximum Gasteiger partial charge on any atom is 0.330 e. The van der Waals surface area contributed by atoms with Crippen LogP contribution in [0.3, 0.4) is 0 Å². The van der Waals surface area contributed by atoms with Gasteiger partial charge in [0.25, 0.3) is 5.56 Å². The van der Waals surface area contributed by atoms with E-state index in [1.807, 2.05) is 0 Å². The van der Waals surface area contributed by atoms with Gasteiger partial charge in [-0.1, -0.05) is 28.6 Å². The summed E-state index contributed by atoms with van der Waals surface area (Å²) >= 11 is 7.43. The van der Waals surface area contributed by atoms with Crippen molar-refractivity contribution in [1.82, 2.24) is 9.55 Å². The molecule has 2 aliphatic heterocycles. The van der Waals surface area contributed by atoms with Crippen LogP contribution < -0.4 is 11.2 Å². The third-order valence-corrected chi connectivity index (χ3v) is 12.4. The fourth-order valence-electron chi connectivity index (χ4n) is 4.63. The summed E-state index contributed by atoms with van der Waals surface area (Å²) in [6.45, 7) is 9.99. The highest BCUT2D eigenvalue weighted by atomic mass is 32.9. The average molecular weight is 514 g/mol. The molecule has 1 aromatic rings. The second-order valence-corrected chi connectivity index (χ2v) is 15.5. The quantitative estimate of drug-likeness (QED) is 0.197. The Morgan fingerprint density at radius 1 is 1.55 bits per heavy atom. The molecule has 0 aromatic carbocycles. The van der Waals surface area contributed by atoms with Crippen LogP contribution >= 0.6 is 17.1 Å². The lowest BCUT2D eigenvalue weighted by molar-refractivity contribution is -0.0253. The zero-order valence-electron chi connectivity index (χ0n) is 18.8. The molecular formula is C20H28N5O5PS2. The van der Waals surface area contributed by atoms with Gasteiger partial charge in [-0.2, -0.15) is 0 Å². The first-order chi connectivity index (χ1) is 15.5. The highest BCUT2D eigenvalue weighted by Crippen LogP contribution is 2.74. The van der Waals surface area contributed by atoms with Gasteiger partial charge in [0.05, 0.1) is 24.4 Å². The van der Waals surface area contributed by atoms with Crippen LogP contribution in [0.2, 0.25) is 0 Å². The first-order valence-corrected chi connectivity index (χ1v) is 15.0. The second kappa shape index (κ2) is 9.34. The first-order valence-electron chi connectivity index (χ1n) is 10.8. The number of hydrogen-bond acceptors (Lipinski definition) is 8. The van der Waals surface area contributed by atoms with Crippen molar-refractivity contribution in [3.8, 4) is 0 Å². The lowest BCUT2D eigenvalue weighted by Crippen LogP contribution is -2.40. The van der Waals surface area contributed by atoms with Crippen molar-refractivity contribution in [2.75, 3.05) is 6.61 Å². The van der Waals surface area contributed by atoms with Crippen LogP contribution in [0.5, 0.6) is 0 Å². The normalized spacial score (nSPS) is 38.0. The van der Waals surface area contributed by atoms with Gasteiger partial charge >= 0.3 is 5.69 Å². The number of allylic oxidation sites excluding steroid dienone is 1. The van der Waals surface area contributed by atoms with Gasteiger partial charge < -0.3 is 13.8 Å². The Kier molecular flexibility index (Phi) is 7.00. The molecular weight excluding hydrogens is 485 g/mol. The lowest BCUT2D eigenvalue weighted by Gasteiger charge is -2.37. The molecule has 3 fully saturated rings. The van der Waals surface area contributed by atoms with Gasteiger partial charge in [0, 0.05) is 28.3 Å². The molecule has 2 saturated heterocycles. The van der Waals surface area contributed by atoms with Gasteiger partial charge in [-0.3, -0.25) is 14.3 Å². The van der Waals surface area contributed by atoms with Crippen LogP contribution in [-0.4, -0.2) is 39.2 Å². The third-order valence-electron chi connectivity index (χ3n) is 6.70. The van der Waals surface area contributed by atoms with Gasteiger partial charge in [0.2, 0.25) is 5.69 Å². The Hall–Kier alpha value is -1.39. The topological polar surface area (TPSA) is 131 Å². The largest absolute Gasteiger partial charge is 0.352 e. The Bertz CT molecular complexity index is 1160. The van der Waals surface area contributed by atoms with E-state index in [2.05, 4.69) is 35.4 Å². The number of aromatic nitrogens is 2. The molecule has 13 heteroatoms. The van der Waals surface area contributed by atoms with Gasteiger partial charge in [0.1, 0.15) is 6.23 Å². The smallest absolute Gasteiger partial charge is 0.330 e. The molecule has 1 unspecified atom stereocenters. The molecule has 1 aromatic heterocycles. The van der Waals surface area contributed by atoms with Crippen molar-refractivity contribution in [2.24, 2.45) is 11.0 Å². The van der Waals surface area contributed by atoms with Gasteiger partial charge in [-0.15, -0.1) is 0 Å². The highest BCUT2D eigenvalue weighted by Gasteiger charge is 2.53. The minimum absolute atomic E-state index is 0.0915. The number of H-pyrrole nitrogens is 1. The van der Waals surface area contributed by atoms with E-state index in [1.165, 1.54) is 16.3 Å². The zero-order valence-corrected chi connectivity index (χ0v) is 21.3. The molecule has 33 heavy (non-hydrogen) atoms. The van der Waals surface area contributed by atoms with E-state index in [0.29, 0.717) is 11.5 Å². The predicted molar refractivity (Wildman–Crippen MR) is 131 cm³/mol. The molecule has 0 bridgehead atoms. The van der Waals surface area contributed by atoms with Crippen molar-refractivity contribution >= 4 is 28.9 Å². The standard InChI is InChI=1S/C20H28N5O5PS2/c1-11(2)13-5-6-20(4)16(7-13)33-31(32,30-20)28-10-15-14(23-24-21)8-17(29-15)25-9-12(3)18(26)22-19(25)27/h9,13-17H,1,5-8,10H2,2-4H3,(H,22,26,27)/t13-,14-,15+,16+,17+,20+,31?/m0/s1. The summed E-state index contributed by atoms with van der Waals surface area (Å²) in [6.07, 6.45) is 3.35. The molecule has 0 amide bonds. The molecule has 0 spiro atoms. The van der Waals surface area contributed by atoms with Crippen molar-refractivity contribution < 1.29 is 13.8 Å². The number of nitrogens with zero attached hydrogens (tertiary/aromatic N) is 4. The molecule has 10 nitrogen and oxygen atoms in total. The van der Waals surface area contributed by atoms with Gasteiger partial charge in [-0.05, 0) is 63.3 Å². The molecule has 1 saturated carbocycles. The van der Waals surface area contributed by atoms with Crippen molar-refractivity contribution in [1.29, 1.82) is 0 Å². The van der Waals surface area contributed by atoms with Crippen LogP contribution in [-0.2, 0) is 25.6 Å². The van der Waals surface area contributed by atoms with Crippen molar-refractivity contribution in [3.05, 3.63) is 55.2 Å². The molecule has 0 radical (unpaired) electrons. The summed E-state index contributed by atoms with van der Waals surface area (Å²) in [5.41, 5.74) is 6.61.